The fraction of sp³-hybridized carbons (Fsp3) is 0.833. The van der Waals surface area contributed by atoms with Gasteiger partial charge in [-0.3, -0.25) is 0 Å². The summed E-state index contributed by atoms with van der Waals surface area (Å²) in [5, 5.41) is 3.96. The maximum absolute atomic E-state index is 3.96. The van der Waals surface area contributed by atoms with Gasteiger partial charge in [-0.2, -0.15) is 5.10 Å². The van der Waals surface area contributed by atoms with E-state index in [4.69, 9.17) is 0 Å². The van der Waals surface area contributed by atoms with Crippen LogP contribution in [0.2, 0.25) is 0 Å². The van der Waals surface area contributed by atoms with Gasteiger partial charge in [-0.25, -0.2) is 0 Å². The van der Waals surface area contributed by atoms with Gasteiger partial charge in [0.25, 0.3) is 0 Å². The average Bonchev–Trinajstić information content (AvgIpc) is 1.62. The van der Waals surface area contributed by atoms with Crippen molar-refractivity contribution in [2.75, 3.05) is 6.54 Å². The molecule has 0 saturated carbocycles. The molecule has 0 aliphatic carbocycles. The molecule has 1 rings (SSSR count). The summed E-state index contributed by atoms with van der Waals surface area (Å²) < 4.78 is 0. The van der Waals surface area contributed by atoms with Gasteiger partial charge in [-0.15, -0.1) is 0 Å². The van der Waals surface area contributed by atoms with Gasteiger partial charge in [-0.05, 0) is 19.3 Å². The highest BCUT2D eigenvalue weighted by Crippen LogP contribution is 1.98. The molecule has 46 valence electrons. The first-order valence-corrected chi connectivity index (χ1v) is 3.24. The van der Waals surface area contributed by atoms with Gasteiger partial charge in [0.05, 0.1) is 0 Å². The van der Waals surface area contributed by atoms with Gasteiger partial charge in [-0.1, -0.05) is 6.42 Å². The summed E-state index contributed by atoms with van der Waals surface area (Å²) in [7, 11) is 0. The highest BCUT2D eigenvalue weighted by atomic mass is 15.3. The highest BCUT2D eigenvalue weighted by molar-refractivity contribution is 5.56. The average molecular weight is 112 g/mol. The molecule has 1 aliphatic rings. The van der Waals surface area contributed by atoms with Crippen molar-refractivity contribution in [3.8, 4) is 0 Å². The Hall–Kier alpha value is -0.530. The second kappa shape index (κ2) is 3.47. The van der Waals surface area contributed by atoms with Crippen LogP contribution in [0.3, 0.4) is 0 Å². The second-order valence-electron chi connectivity index (χ2n) is 2.07. The van der Waals surface area contributed by atoms with Crippen LogP contribution < -0.4 is 5.43 Å². The summed E-state index contributed by atoms with van der Waals surface area (Å²) in [4.78, 5) is 0. The largest absolute Gasteiger partial charge is 0.310 e. The SMILES string of the molecule is C1=N\NCCCCC/1. The van der Waals surface area contributed by atoms with Crippen molar-refractivity contribution in [2.24, 2.45) is 5.10 Å². The van der Waals surface area contributed by atoms with Crippen LogP contribution in [0.1, 0.15) is 25.7 Å². The number of nitrogens with zero attached hydrogens (tertiary/aromatic N) is 1. The molecule has 0 amide bonds. The van der Waals surface area contributed by atoms with Crippen LogP contribution >= 0.6 is 0 Å². The van der Waals surface area contributed by atoms with Crippen molar-refractivity contribution in [3.05, 3.63) is 0 Å². The molecule has 0 radical (unpaired) electrons. The lowest BCUT2D eigenvalue weighted by atomic mass is 10.2. The molecule has 0 aromatic heterocycles. The predicted molar refractivity (Wildman–Crippen MR) is 35.0 cm³/mol. The van der Waals surface area contributed by atoms with E-state index in [0.29, 0.717) is 0 Å². The summed E-state index contributed by atoms with van der Waals surface area (Å²) in [6, 6.07) is 0. The monoisotopic (exact) mass is 112 g/mol. The van der Waals surface area contributed by atoms with Crippen LogP contribution in [0.15, 0.2) is 5.10 Å². The van der Waals surface area contributed by atoms with Crippen molar-refractivity contribution in [1.29, 1.82) is 0 Å². The molecule has 0 aromatic carbocycles. The Bertz CT molecular complexity index is 68.6. The van der Waals surface area contributed by atoms with E-state index in [-0.39, 0.29) is 0 Å². The summed E-state index contributed by atoms with van der Waals surface area (Å²) in [5.41, 5.74) is 2.96. The third-order valence-electron chi connectivity index (χ3n) is 1.30. The normalized spacial score (nSPS) is 25.0. The van der Waals surface area contributed by atoms with Gasteiger partial charge in [0.2, 0.25) is 0 Å². The topological polar surface area (TPSA) is 24.4 Å². The molecule has 0 aromatic rings. The first-order valence-electron chi connectivity index (χ1n) is 3.24. The Morgan fingerprint density at radius 1 is 1.25 bits per heavy atom. The van der Waals surface area contributed by atoms with E-state index in [1.54, 1.807) is 0 Å². The Morgan fingerprint density at radius 2 is 2.25 bits per heavy atom. The Morgan fingerprint density at radius 3 is 3.25 bits per heavy atom. The van der Waals surface area contributed by atoms with Gasteiger partial charge in [0.15, 0.2) is 0 Å². The summed E-state index contributed by atoms with van der Waals surface area (Å²) in [6.07, 6.45) is 7.04. The number of hydrogen-bond acceptors (Lipinski definition) is 2. The zero-order valence-corrected chi connectivity index (χ0v) is 5.06. The molecule has 0 spiro atoms. The fourth-order valence-electron chi connectivity index (χ4n) is 0.810. The van der Waals surface area contributed by atoms with Crippen LogP contribution in [0.4, 0.5) is 0 Å². The maximum atomic E-state index is 3.96. The minimum absolute atomic E-state index is 1.05. The van der Waals surface area contributed by atoms with Gasteiger partial charge >= 0.3 is 0 Å². The van der Waals surface area contributed by atoms with E-state index in [1.807, 2.05) is 6.21 Å². The van der Waals surface area contributed by atoms with E-state index in [0.717, 1.165) is 13.0 Å². The zero-order valence-electron chi connectivity index (χ0n) is 5.06. The van der Waals surface area contributed by atoms with Crippen molar-refractivity contribution in [1.82, 2.24) is 5.43 Å². The molecule has 1 heterocycles. The molecule has 0 atom stereocenters. The minimum atomic E-state index is 1.05. The molecule has 0 bridgehead atoms. The smallest absolute Gasteiger partial charge is 0.0329 e. The minimum Gasteiger partial charge on any atom is -0.310 e. The lowest BCUT2D eigenvalue weighted by molar-refractivity contribution is 0.614. The third-order valence-corrected chi connectivity index (χ3v) is 1.30. The van der Waals surface area contributed by atoms with Crippen molar-refractivity contribution in [2.45, 2.75) is 25.7 Å². The molecule has 1 N–H and O–H groups in total. The van der Waals surface area contributed by atoms with Crippen LogP contribution in [-0.2, 0) is 0 Å². The first-order chi connectivity index (χ1) is 4.00. The summed E-state index contributed by atoms with van der Waals surface area (Å²) in [6.45, 7) is 1.05. The predicted octanol–water partition coefficient (Wildman–Crippen LogP) is 1.14. The molecule has 2 heteroatoms. The zero-order chi connectivity index (χ0) is 5.66. The van der Waals surface area contributed by atoms with Crippen LogP contribution in [-0.4, -0.2) is 12.8 Å². The number of nitrogens with one attached hydrogen (secondary N) is 1. The molecule has 0 fully saturated rings. The maximum Gasteiger partial charge on any atom is 0.0329 e. The van der Waals surface area contributed by atoms with E-state index in [9.17, 15) is 0 Å². The van der Waals surface area contributed by atoms with Crippen molar-refractivity contribution in [3.63, 3.8) is 0 Å². The molecule has 0 saturated heterocycles. The molecular formula is C6H12N2. The lowest BCUT2D eigenvalue weighted by Gasteiger charge is -2.02. The van der Waals surface area contributed by atoms with Crippen molar-refractivity contribution >= 4 is 6.21 Å². The Kier molecular flexibility index (Phi) is 2.43. The number of hydrazone groups is 1. The van der Waals surface area contributed by atoms with E-state index in [1.165, 1.54) is 19.3 Å². The van der Waals surface area contributed by atoms with Gasteiger partial charge < -0.3 is 5.43 Å². The van der Waals surface area contributed by atoms with Crippen LogP contribution in [0.25, 0.3) is 0 Å². The van der Waals surface area contributed by atoms with E-state index < -0.39 is 0 Å². The number of hydrogen-bond donors (Lipinski definition) is 1. The molecule has 1 aliphatic heterocycles. The van der Waals surface area contributed by atoms with Crippen LogP contribution in [0.5, 0.6) is 0 Å². The molecular weight excluding hydrogens is 100 g/mol. The van der Waals surface area contributed by atoms with Gasteiger partial charge in [0, 0.05) is 12.8 Å². The molecule has 2 nitrogen and oxygen atoms in total. The quantitative estimate of drug-likeness (QED) is 0.499. The Balaban J connectivity index is 2.17. The lowest BCUT2D eigenvalue weighted by Crippen LogP contribution is -2.09. The summed E-state index contributed by atoms with van der Waals surface area (Å²) in [5.74, 6) is 0. The van der Waals surface area contributed by atoms with Crippen LogP contribution in [0, 0.1) is 0 Å². The highest BCUT2D eigenvalue weighted by Gasteiger charge is 1.89. The number of rotatable bonds is 0. The van der Waals surface area contributed by atoms with Crippen molar-refractivity contribution < 1.29 is 0 Å². The fourth-order valence-corrected chi connectivity index (χ4v) is 0.810. The van der Waals surface area contributed by atoms with Gasteiger partial charge in [0.1, 0.15) is 0 Å². The second-order valence-corrected chi connectivity index (χ2v) is 2.07. The Labute approximate surface area is 50.0 Å². The molecule has 0 unspecified atom stereocenters. The molecule has 8 heavy (non-hydrogen) atoms. The summed E-state index contributed by atoms with van der Waals surface area (Å²) >= 11 is 0. The van der Waals surface area contributed by atoms with E-state index >= 15 is 0 Å². The van der Waals surface area contributed by atoms with E-state index in [2.05, 4.69) is 10.5 Å². The third kappa shape index (κ3) is 1.96. The standard InChI is InChI=1S/C6H12N2/c1-2-4-6-8-7-5-3-1/h5,8H,1-4,6H2/b7-5-. The first kappa shape index (κ1) is 5.60.